The second-order valence-corrected chi connectivity index (χ2v) is 6.28. The smallest absolute Gasteiger partial charge is 0.317 e. The zero-order chi connectivity index (χ0) is 16.9. The molecule has 0 radical (unpaired) electrons. The van der Waals surface area contributed by atoms with E-state index in [0.29, 0.717) is 19.6 Å². The first kappa shape index (κ1) is 16.6. The molecule has 0 spiro atoms. The number of rotatable bonds is 3. The normalized spacial score (nSPS) is 14.6. The molecule has 3 rings (SSSR count). The molecule has 1 aliphatic heterocycles. The predicted molar refractivity (Wildman–Crippen MR) is 96.4 cm³/mol. The molecule has 5 nitrogen and oxygen atoms in total. The van der Waals surface area contributed by atoms with Crippen molar-refractivity contribution in [3.63, 3.8) is 0 Å². The Balaban J connectivity index is 1.53. The Kier molecular flexibility index (Phi) is 5.20. The van der Waals surface area contributed by atoms with E-state index in [1.807, 2.05) is 36.1 Å². The quantitative estimate of drug-likeness (QED) is 0.930. The van der Waals surface area contributed by atoms with E-state index < -0.39 is 0 Å². The molecule has 2 aromatic rings. The SMILES string of the molecule is Cc1c(Cl)cccc1N1CCN(C(=O)NCc2ccncc2)CC1. The molecule has 126 valence electrons. The van der Waals surface area contributed by atoms with Crippen LogP contribution in [0.2, 0.25) is 5.02 Å². The van der Waals surface area contributed by atoms with Crippen LogP contribution in [0.25, 0.3) is 0 Å². The Morgan fingerprint density at radius 3 is 2.58 bits per heavy atom. The molecule has 0 bridgehead atoms. The number of urea groups is 1. The maximum atomic E-state index is 12.3. The fraction of sp³-hybridized carbons (Fsp3) is 0.333. The summed E-state index contributed by atoms with van der Waals surface area (Å²) in [4.78, 5) is 20.4. The Labute approximate surface area is 147 Å². The van der Waals surface area contributed by atoms with Crippen LogP contribution in [0.15, 0.2) is 42.7 Å². The van der Waals surface area contributed by atoms with Crippen LogP contribution in [0.1, 0.15) is 11.1 Å². The molecule has 24 heavy (non-hydrogen) atoms. The van der Waals surface area contributed by atoms with Gasteiger partial charge in [-0.15, -0.1) is 0 Å². The summed E-state index contributed by atoms with van der Waals surface area (Å²) < 4.78 is 0. The molecule has 0 aliphatic carbocycles. The van der Waals surface area contributed by atoms with E-state index in [-0.39, 0.29) is 6.03 Å². The fourth-order valence-electron chi connectivity index (χ4n) is 2.88. The van der Waals surface area contributed by atoms with Crippen LogP contribution >= 0.6 is 11.6 Å². The number of nitrogens with zero attached hydrogens (tertiary/aromatic N) is 3. The summed E-state index contributed by atoms with van der Waals surface area (Å²) in [6, 6.07) is 9.75. The third-order valence-corrected chi connectivity index (χ3v) is 4.75. The maximum Gasteiger partial charge on any atom is 0.317 e. The van der Waals surface area contributed by atoms with Crippen molar-refractivity contribution in [1.82, 2.24) is 15.2 Å². The second-order valence-electron chi connectivity index (χ2n) is 5.87. The van der Waals surface area contributed by atoms with E-state index in [9.17, 15) is 4.79 Å². The molecule has 2 heterocycles. The summed E-state index contributed by atoms with van der Waals surface area (Å²) in [6.07, 6.45) is 3.46. The van der Waals surface area contributed by atoms with Gasteiger partial charge in [0, 0.05) is 55.8 Å². The Hall–Kier alpha value is -2.27. The van der Waals surface area contributed by atoms with E-state index in [1.54, 1.807) is 12.4 Å². The highest BCUT2D eigenvalue weighted by molar-refractivity contribution is 6.31. The molecule has 1 saturated heterocycles. The number of nitrogens with one attached hydrogen (secondary N) is 1. The molecule has 1 fully saturated rings. The second kappa shape index (κ2) is 7.53. The average Bonchev–Trinajstić information content (AvgIpc) is 2.63. The number of piperazine rings is 1. The van der Waals surface area contributed by atoms with Gasteiger partial charge in [0.05, 0.1) is 0 Å². The molecule has 6 heteroatoms. The van der Waals surface area contributed by atoms with Crippen molar-refractivity contribution >= 4 is 23.3 Å². The molecule has 1 aliphatic rings. The van der Waals surface area contributed by atoms with Gasteiger partial charge in [-0.25, -0.2) is 4.79 Å². The standard InChI is InChI=1S/C18H21ClN4O/c1-14-16(19)3-2-4-17(14)22-9-11-23(12-10-22)18(24)21-13-15-5-7-20-8-6-15/h2-8H,9-13H2,1H3,(H,21,24). The van der Waals surface area contributed by atoms with Gasteiger partial charge >= 0.3 is 6.03 Å². The summed E-state index contributed by atoms with van der Waals surface area (Å²) >= 11 is 6.21. The lowest BCUT2D eigenvalue weighted by atomic mass is 10.1. The van der Waals surface area contributed by atoms with Crippen LogP contribution in [-0.2, 0) is 6.54 Å². The molecule has 1 aromatic heterocycles. The first-order valence-corrected chi connectivity index (χ1v) is 8.44. The lowest BCUT2D eigenvalue weighted by Crippen LogP contribution is -2.51. The topological polar surface area (TPSA) is 48.5 Å². The minimum absolute atomic E-state index is 0.0192. The minimum Gasteiger partial charge on any atom is -0.368 e. The molecule has 1 aromatic carbocycles. The number of amides is 2. The fourth-order valence-corrected chi connectivity index (χ4v) is 3.05. The zero-order valence-corrected chi connectivity index (χ0v) is 14.5. The molecular formula is C18H21ClN4O. The van der Waals surface area contributed by atoms with Gasteiger partial charge in [-0.05, 0) is 42.3 Å². The van der Waals surface area contributed by atoms with Gasteiger partial charge in [-0.3, -0.25) is 4.98 Å². The van der Waals surface area contributed by atoms with E-state index in [4.69, 9.17) is 11.6 Å². The Morgan fingerprint density at radius 1 is 1.17 bits per heavy atom. The summed E-state index contributed by atoms with van der Waals surface area (Å²) in [6.45, 7) is 5.58. The first-order valence-electron chi connectivity index (χ1n) is 8.07. The molecule has 2 amide bonds. The highest BCUT2D eigenvalue weighted by Gasteiger charge is 2.22. The number of carbonyl (C=O) groups excluding carboxylic acids is 1. The summed E-state index contributed by atoms with van der Waals surface area (Å²) in [5.74, 6) is 0. The molecular weight excluding hydrogens is 324 g/mol. The monoisotopic (exact) mass is 344 g/mol. The lowest BCUT2D eigenvalue weighted by Gasteiger charge is -2.36. The van der Waals surface area contributed by atoms with Gasteiger partial charge < -0.3 is 15.1 Å². The summed E-state index contributed by atoms with van der Waals surface area (Å²) in [5, 5.41) is 3.75. The third-order valence-electron chi connectivity index (χ3n) is 4.34. The maximum absolute atomic E-state index is 12.3. The number of carbonyl (C=O) groups is 1. The number of hydrogen-bond acceptors (Lipinski definition) is 3. The van der Waals surface area contributed by atoms with Crippen LogP contribution in [0.5, 0.6) is 0 Å². The zero-order valence-electron chi connectivity index (χ0n) is 13.7. The van der Waals surface area contributed by atoms with Crippen molar-refractivity contribution in [1.29, 1.82) is 0 Å². The van der Waals surface area contributed by atoms with Gasteiger partial charge in [0.25, 0.3) is 0 Å². The highest BCUT2D eigenvalue weighted by atomic mass is 35.5. The van der Waals surface area contributed by atoms with Gasteiger partial charge in [-0.2, -0.15) is 0 Å². The third kappa shape index (κ3) is 3.79. The lowest BCUT2D eigenvalue weighted by molar-refractivity contribution is 0.194. The van der Waals surface area contributed by atoms with Crippen molar-refractivity contribution in [3.05, 3.63) is 58.9 Å². The molecule has 0 unspecified atom stereocenters. The van der Waals surface area contributed by atoms with Crippen LogP contribution in [-0.4, -0.2) is 42.1 Å². The number of aromatic nitrogens is 1. The van der Waals surface area contributed by atoms with E-state index >= 15 is 0 Å². The van der Waals surface area contributed by atoms with Crippen molar-refractivity contribution in [2.75, 3.05) is 31.1 Å². The number of anilines is 1. The number of hydrogen-bond donors (Lipinski definition) is 1. The van der Waals surface area contributed by atoms with Gasteiger partial charge in [0.2, 0.25) is 0 Å². The van der Waals surface area contributed by atoms with Crippen LogP contribution in [0.4, 0.5) is 10.5 Å². The van der Waals surface area contributed by atoms with Gasteiger partial charge in [0.15, 0.2) is 0 Å². The average molecular weight is 345 g/mol. The number of benzene rings is 1. The van der Waals surface area contributed by atoms with Crippen molar-refractivity contribution < 1.29 is 4.79 Å². The van der Waals surface area contributed by atoms with Crippen LogP contribution in [0, 0.1) is 6.92 Å². The Bertz CT molecular complexity index is 699. The van der Waals surface area contributed by atoms with Crippen molar-refractivity contribution in [2.45, 2.75) is 13.5 Å². The van der Waals surface area contributed by atoms with Gasteiger partial charge in [-0.1, -0.05) is 17.7 Å². The Morgan fingerprint density at radius 2 is 1.88 bits per heavy atom. The molecule has 0 atom stereocenters. The number of pyridine rings is 1. The summed E-state index contributed by atoms with van der Waals surface area (Å²) in [5.41, 5.74) is 3.29. The highest BCUT2D eigenvalue weighted by Crippen LogP contribution is 2.27. The molecule has 1 N–H and O–H groups in total. The van der Waals surface area contributed by atoms with Crippen LogP contribution < -0.4 is 10.2 Å². The van der Waals surface area contributed by atoms with E-state index in [0.717, 1.165) is 34.9 Å². The van der Waals surface area contributed by atoms with Crippen molar-refractivity contribution in [3.8, 4) is 0 Å². The first-order chi connectivity index (χ1) is 11.6. The number of halogens is 1. The molecule has 0 saturated carbocycles. The minimum atomic E-state index is -0.0192. The van der Waals surface area contributed by atoms with E-state index in [1.165, 1.54) is 0 Å². The predicted octanol–water partition coefficient (Wildman–Crippen LogP) is 3.08. The van der Waals surface area contributed by atoms with Crippen molar-refractivity contribution in [2.24, 2.45) is 0 Å². The largest absolute Gasteiger partial charge is 0.368 e. The van der Waals surface area contributed by atoms with E-state index in [2.05, 4.69) is 21.3 Å². The summed E-state index contributed by atoms with van der Waals surface area (Å²) in [7, 11) is 0. The van der Waals surface area contributed by atoms with Crippen LogP contribution in [0.3, 0.4) is 0 Å². The van der Waals surface area contributed by atoms with Gasteiger partial charge in [0.1, 0.15) is 0 Å².